The normalized spacial score (nSPS) is 11.0. The van der Waals surface area contributed by atoms with Crippen molar-refractivity contribution < 1.29 is 13.9 Å². The van der Waals surface area contributed by atoms with Crippen LogP contribution < -0.4 is 10.1 Å². The number of anilines is 1. The number of hydrogen-bond acceptors (Lipinski definition) is 5. The third kappa shape index (κ3) is 3.53. The third-order valence-corrected chi connectivity index (χ3v) is 5.69. The average Bonchev–Trinajstić information content (AvgIpc) is 3.23. The van der Waals surface area contributed by atoms with Gasteiger partial charge in [-0.25, -0.2) is 4.98 Å². The summed E-state index contributed by atoms with van der Waals surface area (Å²) in [5, 5.41) is 4.80. The Balaban J connectivity index is 1.53. The van der Waals surface area contributed by atoms with Crippen LogP contribution in [0.1, 0.15) is 10.4 Å². The maximum atomic E-state index is 13.2. The molecule has 1 amide bonds. The number of nitrogens with one attached hydrogen (secondary N) is 1. The van der Waals surface area contributed by atoms with Crippen LogP contribution in [0.4, 0.5) is 5.69 Å². The fourth-order valence-electron chi connectivity index (χ4n) is 3.50. The maximum Gasteiger partial charge on any atom is 0.256 e. The highest BCUT2D eigenvalue weighted by Gasteiger charge is 2.16. The van der Waals surface area contributed by atoms with Crippen LogP contribution in [-0.2, 0) is 0 Å². The number of nitrogens with zero attached hydrogens (tertiary/aromatic N) is 2. The fourth-order valence-corrected chi connectivity index (χ4v) is 4.00. The number of fused-ring (bicyclic) bond motifs is 2. The number of ether oxygens (including phenoxy) is 1. The molecule has 0 fully saturated rings. The molecule has 7 heteroatoms. The number of halogens is 1. The predicted octanol–water partition coefficient (Wildman–Crippen LogP) is 6.07. The van der Waals surface area contributed by atoms with E-state index in [0.29, 0.717) is 39.6 Å². The van der Waals surface area contributed by atoms with Gasteiger partial charge in [0, 0.05) is 27.9 Å². The highest BCUT2D eigenvalue weighted by Crippen LogP contribution is 2.33. The van der Waals surface area contributed by atoms with Gasteiger partial charge in [0.05, 0.1) is 19.0 Å². The SMILES string of the molecule is COc1ccc(-c2nc3cnccc3o2)cc1NC(=O)c1cccc2c(Br)cccc12. The van der Waals surface area contributed by atoms with E-state index in [1.54, 1.807) is 43.8 Å². The van der Waals surface area contributed by atoms with Gasteiger partial charge in [-0.1, -0.05) is 40.2 Å². The number of carbonyl (C=O) groups excluding carboxylic acids is 1. The topological polar surface area (TPSA) is 77.2 Å². The Hall–Kier alpha value is -3.71. The van der Waals surface area contributed by atoms with Crippen LogP contribution in [0.2, 0.25) is 0 Å². The molecule has 0 aliphatic rings. The van der Waals surface area contributed by atoms with Crippen molar-refractivity contribution in [2.24, 2.45) is 0 Å². The Morgan fingerprint density at radius 2 is 1.90 bits per heavy atom. The number of benzene rings is 3. The third-order valence-electron chi connectivity index (χ3n) is 5.00. The summed E-state index contributed by atoms with van der Waals surface area (Å²) < 4.78 is 12.2. The van der Waals surface area contributed by atoms with Crippen molar-refractivity contribution in [1.82, 2.24) is 9.97 Å². The van der Waals surface area contributed by atoms with E-state index in [2.05, 4.69) is 31.2 Å². The Labute approximate surface area is 186 Å². The lowest BCUT2D eigenvalue weighted by molar-refractivity contribution is 0.102. The molecule has 0 saturated heterocycles. The molecular formula is C24H16BrN3O3. The van der Waals surface area contributed by atoms with Gasteiger partial charge >= 0.3 is 0 Å². The van der Waals surface area contributed by atoms with Crippen LogP contribution in [0.5, 0.6) is 5.75 Å². The second-order valence-corrected chi connectivity index (χ2v) is 7.73. The second kappa shape index (κ2) is 7.85. The molecule has 2 heterocycles. The first-order valence-electron chi connectivity index (χ1n) is 9.51. The van der Waals surface area contributed by atoms with Crippen LogP contribution in [0, 0.1) is 0 Å². The van der Waals surface area contributed by atoms with Gasteiger partial charge in [-0.05, 0) is 41.1 Å². The van der Waals surface area contributed by atoms with Crippen LogP contribution in [0.25, 0.3) is 33.3 Å². The molecule has 152 valence electrons. The molecule has 0 radical (unpaired) electrons. The molecule has 1 N–H and O–H groups in total. The molecule has 0 atom stereocenters. The van der Waals surface area contributed by atoms with E-state index in [1.165, 1.54) is 0 Å². The van der Waals surface area contributed by atoms with Crippen molar-refractivity contribution in [3.8, 4) is 17.2 Å². The van der Waals surface area contributed by atoms with Crippen LogP contribution in [0.3, 0.4) is 0 Å². The molecule has 5 rings (SSSR count). The average molecular weight is 474 g/mol. The van der Waals surface area contributed by atoms with E-state index in [4.69, 9.17) is 9.15 Å². The van der Waals surface area contributed by atoms with Crippen LogP contribution in [-0.4, -0.2) is 23.0 Å². The quantitative estimate of drug-likeness (QED) is 0.342. The smallest absolute Gasteiger partial charge is 0.256 e. The van der Waals surface area contributed by atoms with Crippen molar-refractivity contribution in [2.75, 3.05) is 12.4 Å². The van der Waals surface area contributed by atoms with Gasteiger partial charge in [0.15, 0.2) is 5.58 Å². The van der Waals surface area contributed by atoms with Gasteiger partial charge in [-0.2, -0.15) is 0 Å². The zero-order valence-corrected chi connectivity index (χ0v) is 18.0. The van der Waals surface area contributed by atoms with Crippen molar-refractivity contribution in [2.45, 2.75) is 0 Å². The molecule has 3 aromatic carbocycles. The van der Waals surface area contributed by atoms with E-state index < -0.39 is 0 Å². The summed E-state index contributed by atoms with van der Waals surface area (Å²) in [6.07, 6.45) is 3.30. The minimum absolute atomic E-state index is 0.235. The molecule has 0 aliphatic carbocycles. The number of rotatable bonds is 4. The Bertz CT molecular complexity index is 1410. The Morgan fingerprint density at radius 3 is 2.74 bits per heavy atom. The lowest BCUT2D eigenvalue weighted by atomic mass is 10.0. The van der Waals surface area contributed by atoms with Crippen molar-refractivity contribution in [3.05, 3.63) is 83.1 Å². The summed E-state index contributed by atoms with van der Waals surface area (Å²) >= 11 is 3.55. The molecule has 0 spiro atoms. The van der Waals surface area contributed by atoms with Gasteiger partial charge in [0.1, 0.15) is 11.3 Å². The second-order valence-electron chi connectivity index (χ2n) is 6.87. The minimum Gasteiger partial charge on any atom is -0.495 e. The Morgan fingerprint density at radius 1 is 1.06 bits per heavy atom. The lowest BCUT2D eigenvalue weighted by Crippen LogP contribution is -2.13. The molecule has 31 heavy (non-hydrogen) atoms. The molecule has 0 saturated carbocycles. The number of methoxy groups -OCH3 is 1. The van der Waals surface area contributed by atoms with Gasteiger partial charge < -0.3 is 14.5 Å². The van der Waals surface area contributed by atoms with E-state index in [-0.39, 0.29) is 5.91 Å². The minimum atomic E-state index is -0.235. The van der Waals surface area contributed by atoms with Gasteiger partial charge in [-0.3, -0.25) is 9.78 Å². The number of aromatic nitrogens is 2. The molecule has 0 bridgehead atoms. The summed E-state index contributed by atoms with van der Waals surface area (Å²) in [5.41, 5.74) is 3.12. The highest BCUT2D eigenvalue weighted by atomic mass is 79.9. The lowest BCUT2D eigenvalue weighted by Gasteiger charge is -2.13. The summed E-state index contributed by atoms with van der Waals surface area (Å²) in [5.74, 6) is 0.743. The van der Waals surface area contributed by atoms with Crippen molar-refractivity contribution in [1.29, 1.82) is 0 Å². The standard InChI is InChI=1S/C24H16BrN3O3/c1-30-21-9-8-14(24-28-20-13-26-11-10-22(20)31-24)12-19(21)27-23(29)17-6-2-5-16-15(17)4-3-7-18(16)25/h2-13H,1H3,(H,27,29). The van der Waals surface area contributed by atoms with E-state index in [0.717, 1.165) is 15.2 Å². The van der Waals surface area contributed by atoms with E-state index in [1.807, 2.05) is 36.4 Å². The molecular weight excluding hydrogens is 458 g/mol. The summed E-state index contributed by atoms with van der Waals surface area (Å²) in [7, 11) is 1.56. The molecule has 6 nitrogen and oxygen atoms in total. The molecule has 5 aromatic rings. The summed E-state index contributed by atoms with van der Waals surface area (Å²) in [6.45, 7) is 0. The first-order chi connectivity index (χ1) is 15.1. The van der Waals surface area contributed by atoms with Gasteiger partial charge in [0.25, 0.3) is 5.91 Å². The van der Waals surface area contributed by atoms with E-state index >= 15 is 0 Å². The monoisotopic (exact) mass is 473 g/mol. The predicted molar refractivity (Wildman–Crippen MR) is 123 cm³/mol. The Kier molecular flexibility index (Phi) is 4.88. The van der Waals surface area contributed by atoms with Crippen LogP contribution >= 0.6 is 15.9 Å². The van der Waals surface area contributed by atoms with Crippen molar-refractivity contribution in [3.63, 3.8) is 0 Å². The highest BCUT2D eigenvalue weighted by molar-refractivity contribution is 9.10. The summed E-state index contributed by atoms with van der Waals surface area (Å²) in [4.78, 5) is 21.7. The van der Waals surface area contributed by atoms with Crippen molar-refractivity contribution >= 4 is 49.4 Å². The van der Waals surface area contributed by atoms with Gasteiger partial charge in [-0.15, -0.1) is 0 Å². The number of hydrogen-bond donors (Lipinski definition) is 1. The first kappa shape index (κ1) is 19.3. The van der Waals surface area contributed by atoms with E-state index in [9.17, 15) is 4.79 Å². The maximum absolute atomic E-state index is 13.2. The zero-order valence-electron chi connectivity index (χ0n) is 16.4. The summed E-state index contributed by atoms with van der Waals surface area (Å²) in [6, 6.07) is 18.6. The number of carbonyl (C=O) groups is 1. The number of pyridine rings is 1. The first-order valence-corrected chi connectivity index (χ1v) is 10.3. The largest absolute Gasteiger partial charge is 0.495 e. The van der Waals surface area contributed by atoms with Crippen LogP contribution in [0.15, 0.2) is 81.9 Å². The fraction of sp³-hybridized carbons (Fsp3) is 0.0417. The number of amides is 1. The molecule has 2 aromatic heterocycles. The molecule has 0 aliphatic heterocycles. The zero-order chi connectivity index (χ0) is 21.4. The number of oxazole rings is 1. The van der Waals surface area contributed by atoms with Gasteiger partial charge in [0.2, 0.25) is 5.89 Å². The molecule has 0 unspecified atom stereocenters.